The first kappa shape index (κ1) is 27.6. The van der Waals surface area contributed by atoms with E-state index < -0.39 is 21.3 Å². The minimum Gasteiger partial charge on any atom is -0.748 e. The summed E-state index contributed by atoms with van der Waals surface area (Å²) < 4.78 is 33.0. The Morgan fingerprint density at radius 3 is 2.20 bits per heavy atom. The number of carbonyl (C=O) groups is 2. The highest BCUT2D eigenvalue weighted by Crippen LogP contribution is 2.64. The van der Waals surface area contributed by atoms with Gasteiger partial charge in [-0.1, -0.05) is 40.0 Å². The van der Waals surface area contributed by atoms with Gasteiger partial charge in [0, 0.05) is 18.3 Å². The van der Waals surface area contributed by atoms with Crippen molar-refractivity contribution >= 4 is 32.6 Å². The van der Waals surface area contributed by atoms with E-state index in [9.17, 15) is 22.6 Å². The molecule has 0 aromatic heterocycles. The van der Waals surface area contributed by atoms with Crippen LogP contribution in [0.5, 0.6) is 0 Å². The number of unbranched alkanes of at least 4 members (excludes halogenated alkanes) is 3. The van der Waals surface area contributed by atoms with E-state index in [-0.39, 0.29) is 28.0 Å². The topological polar surface area (TPSA) is 91.3 Å². The molecule has 2 rings (SSSR count). The molecule has 2 fully saturated rings. The van der Waals surface area contributed by atoms with Crippen LogP contribution < -0.4 is 0 Å². The summed E-state index contributed by atoms with van der Waals surface area (Å²) in [6.07, 6.45) is 9.71. The van der Waals surface area contributed by atoms with Crippen molar-refractivity contribution in [2.24, 2.45) is 16.7 Å². The predicted octanol–water partition coefficient (Wildman–Crippen LogP) is 4.50. The molecule has 0 N–H and O–H groups in total. The summed E-state index contributed by atoms with van der Waals surface area (Å²) >= 11 is 0. The summed E-state index contributed by atoms with van der Waals surface area (Å²) in [6, 6.07) is 0. The standard InChI is InChI=1S/C13H27OS.C10H16O4S/c1-6-7-8-9-10-12(14)11-15(5)13(2,3)4;1-9(2)7-3-4-10(9,8(11)5-7)6-15(12,13)14/h6-11H2,1-5H3;7H,3-6H2,1-2H3,(H,12,13,14)/q+1;/p-1. The Bertz CT molecular complexity index is 706. The van der Waals surface area contributed by atoms with Crippen molar-refractivity contribution < 1.29 is 22.6 Å². The lowest BCUT2D eigenvalue weighted by atomic mass is 9.70. The fourth-order valence-electron chi connectivity index (χ4n) is 4.69. The van der Waals surface area contributed by atoms with Crippen LogP contribution >= 0.6 is 0 Å². The molecular weight excluding hydrogens is 420 g/mol. The van der Waals surface area contributed by atoms with E-state index in [2.05, 4.69) is 34.0 Å². The maximum Gasteiger partial charge on any atom is 0.181 e. The van der Waals surface area contributed by atoms with Crippen LogP contribution in [0.3, 0.4) is 0 Å². The van der Waals surface area contributed by atoms with Gasteiger partial charge < -0.3 is 4.55 Å². The smallest absolute Gasteiger partial charge is 0.181 e. The van der Waals surface area contributed by atoms with Crippen LogP contribution in [-0.4, -0.2) is 47.0 Å². The largest absolute Gasteiger partial charge is 0.748 e. The molecule has 0 spiro atoms. The van der Waals surface area contributed by atoms with Crippen molar-refractivity contribution in [1.29, 1.82) is 0 Å². The zero-order valence-corrected chi connectivity index (χ0v) is 21.6. The van der Waals surface area contributed by atoms with Crippen LogP contribution in [0, 0.1) is 16.7 Å². The molecule has 2 bridgehead atoms. The van der Waals surface area contributed by atoms with E-state index >= 15 is 0 Å². The molecule has 2 saturated carbocycles. The van der Waals surface area contributed by atoms with E-state index in [0.29, 0.717) is 23.4 Å². The Morgan fingerprint density at radius 1 is 1.20 bits per heavy atom. The highest BCUT2D eigenvalue weighted by Gasteiger charge is 2.64. The molecule has 0 aromatic carbocycles. The van der Waals surface area contributed by atoms with Gasteiger partial charge in [0.2, 0.25) is 0 Å². The van der Waals surface area contributed by atoms with Gasteiger partial charge in [-0.15, -0.1) is 0 Å². The number of carbonyl (C=O) groups excluding carboxylic acids is 2. The maximum atomic E-state index is 11.8. The molecule has 3 atom stereocenters. The third-order valence-electron chi connectivity index (χ3n) is 7.29. The van der Waals surface area contributed by atoms with Gasteiger partial charge >= 0.3 is 0 Å². The second-order valence-electron chi connectivity index (χ2n) is 10.6. The van der Waals surface area contributed by atoms with Gasteiger partial charge in [0.05, 0.1) is 22.1 Å². The first-order valence-corrected chi connectivity index (χ1v) is 14.6. The number of fused-ring (bicyclic) bond motifs is 2. The highest BCUT2D eigenvalue weighted by molar-refractivity contribution is 7.98. The molecule has 30 heavy (non-hydrogen) atoms. The van der Waals surface area contributed by atoms with Crippen LogP contribution in [-0.2, 0) is 30.6 Å². The first-order valence-electron chi connectivity index (χ1n) is 11.2. The van der Waals surface area contributed by atoms with Gasteiger partial charge in [0.25, 0.3) is 0 Å². The highest BCUT2D eigenvalue weighted by atomic mass is 32.2. The van der Waals surface area contributed by atoms with Crippen LogP contribution in [0.1, 0.15) is 92.9 Å². The molecule has 0 saturated heterocycles. The van der Waals surface area contributed by atoms with Gasteiger partial charge in [-0.2, -0.15) is 0 Å². The lowest BCUT2D eigenvalue weighted by molar-refractivity contribution is -0.128. The van der Waals surface area contributed by atoms with E-state index in [1.54, 1.807) is 0 Å². The van der Waals surface area contributed by atoms with E-state index in [0.717, 1.165) is 25.0 Å². The maximum absolute atomic E-state index is 11.8. The third kappa shape index (κ3) is 7.06. The monoisotopic (exact) mass is 462 g/mol. The predicted molar refractivity (Wildman–Crippen MR) is 125 cm³/mol. The van der Waals surface area contributed by atoms with E-state index in [1.807, 2.05) is 13.8 Å². The normalized spacial score (nSPS) is 26.3. The van der Waals surface area contributed by atoms with Gasteiger partial charge in [-0.3, -0.25) is 9.59 Å². The van der Waals surface area contributed by atoms with E-state index in [4.69, 9.17) is 0 Å². The Balaban J connectivity index is 0.000000300. The molecule has 0 radical (unpaired) electrons. The summed E-state index contributed by atoms with van der Waals surface area (Å²) in [4.78, 5) is 23.5. The molecule has 3 unspecified atom stereocenters. The van der Waals surface area contributed by atoms with E-state index in [1.165, 1.54) is 19.3 Å². The van der Waals surface area contributed by atoms with Crippen molar-refractivity contribution in [2.45, 2.75) is 97.7 Å². The summed E-state index contributed by atoms with van der Waals surface area (Å²) in [5.41, 5.74) is -1.22. The molecular formula is C23H42O5S2. The number of rotatable bonds is 9. The SMILES string of the molecule is CC1(C)C2CCC1(CS(=O)(=O)[O-])C(=O)C2.CCCCCCC(=O)C[S+](C)C(C)(C)C. The minimum absolute atomic E-state index is 0.0248. The molecule has 2 aliphatic carbocycles. The van der Waals surface area contributed by atoms with Gasteiger partial charge in [0.1, 0.15) is 10.5 Å². The average Bonchev–Trinajstić information content (AvgIpc) is 2.91. The molecule has 176 valence electrons. The number of ketones is 2. The lowest BCUT2D eigenvalue weighted by Gasteiger charge is -2.37. The quantitative estimate of drug-likeness (QED) is 0.286. The lowest BCUT2D eigenvalue weighted by Crippen LogP contribution is -2.42. The van der Waals surface area contributed by atoms with Crippen LogP contribution in [0.4, 0.5) is 0 Å². The van der Waals surface area contributed by atoms with Gasteiger partial charge in [-0.05, 0) is 62.3 Å². The second kappa shape index (κ2) is 10.5. The van der Waals surface area contributed by atoms with Crippen molar-refractivity contribution in [3.05, 3.63) is 0 Å². The number of Topliss-reactive ketones (excluding diaryl/α,β-unsaturated/α-hetero) is 2. The molecule has 7 heteroatoms. The third-order valence-corrected chi connectivity index (χ3v) is 11.0. The zero-order valence-electron chi connectivity index (χ0n) is 20.0. The van der Waals surface area contributed by atoms with Crippen LogP contribution in [0.25, 0.3) is 0 Å². The second-order valence-corrected chi connectivity index (χ2v) is 14.8. The number of hydrogen-bond acceptors (Lipinski definition) is 5. The summed E-state index contributed by atoms with van der Waals surface area (Å²) in [5.74, 6) is 0.972. The van der Waals surface area contributed by atoms with Crippen molar-refractivity contribution in [2.75, 3.05) is 17.8 Å². The molecule has 0 aliphatic heterocycles. The van der Waals surface area contributed by atoms with Gasteiger partial charge in [0.15, 0.2) is 11.5 Å². The van der Waals surface area contributed by atoms with Crippen molar-refractivity contribution in [1.82, 2.24) is 0 Å². The zero-order chi connectivity index (χ0) is 23.4. The summed E-state index contributed by atoms with van der Waals surface area (Å²) in [7, 11) is -4.10. The summed E-state index contributed by atoms with van der Waals surface area (Å²) in [6.45, 7) is 12.7. The van der Waals surface area contributed by atoms with Crippen LogP contribution in [0.15, 0.2) is 0 Å². The molecule has 5 nitrogen and oxygen atoms in total. The fourth-order valence-corrected chi connectivity index (χ4v) is 7.03. The molecule has 0 aromatic rings. The van der Waals surface area contributed by atoms with Gasteiger partial charge in [-0.25, -0.2) is 8.42 Å². The van der Waals surface area contributed by atoms with Crippen molar-refractivity contribution in [3.63, 3.8) is 0 Å². The average molecular weight is 463 g/mol. The Hall–Kier alpha value is -0.400. The Kier molecular flexibility index (Phi) is 9.65. The molecule has 0 amide bonds. The minimum atomic E-state index is -4.33. The number of hydrogen-bond donors (Lipinski definition) is 0. The Labute approximate surface area is 187 Å². The Morgan fingerprint density at radius 2 is 1.80 bits per heavy atom. The molecule has 0 heterocycles. The van der Waals surface area contributed by atoms with Crippen LogP contribution in [0.2, 0.25) is 0 Å². The van der Waals surface area contributed by atoms with Crippen molar-refractivity contribution in [3.8, 4) is 0 Å². The first-order chi connectivity index (χ1) is 13.6. The molecule has 2 aliphatic rings. The fraction of sp³-hybridized carbons (Fsp3) is 0.913. The summed E-state index contributed by atoms with van der Waals surface area (Å²) in [5, 5.41) is 0.